The van der Waals surface area contributed by atoms with Crippen molar-refractivity contribution in [3.05, 3.63) is 35.9 Å². The van der Waals surface area contributed by atoms with Gasteiger partial charge in [0.25, 0.3) is 0 Å². The summed E-state index contributed by atoms with van der Waals surface area (Å²) >= 11 is 0. The summed E-state index contributed by atoms with van der Waals surface area (Å²) in [6, 6.07) is 9.61. The normalized spacial score (nSPS) is 25.8. The summed E-state index contributed by atoms with van der Waals surface area (Å²) in [5, 5.41) is 14.5. The zero-order chi connectivity index (χ0) is 13.5. The highest BCUT2D eigenvalue weighted by molar-refractivity contribution is 5.79. The SMILES string of the molecule is CN1C2C=C(c3ccccc3-c3nn[nH]n3)CC1CC2. The van der Waals surface area contributed by atoms with E-state index < -0.39 is 0 Å². The van der Waals surface area contributed by atoms with E-state index in [1.807, 2.05) is 6.07 Å². The first-order valence-corrected chi connectivity index (χ1v) is 7.09. The molecule has 0 aliphatic carbocycles. The Morgan fingerprint density at radius 1 is 1.20 bits per heavy atom. The van der Waals surface area contributed by atoms with Crippen LogP contribution in [0.3, 0.4) is 0 Å². The monoisotopic (exact) mass is 267 g/mol. The summed E-state index contributed by atoms with van der Waals surface area (Å²) in [5.41, 5.74) is 3.74. The zero-order valence-corrected chi connectivity index (χ0v) is 11.5. The highest BCUT2D eigenvalue weighted by Crippen LogP contribution is 2.39. The van der Waals surface area contributed by atoms with Gasteiger partial charge < -0.3 is 0 Å². The molecule has 0 radical (unpaired) electrons. The Labute approximate surface area is 117 Å². The van der Waals surface area contributed by atoms with Crippen molar-refractivity contribution < 1.29 is 0 Å². The number of aromatic nitrogens is 4. The quantitative estimate of drug-likeness (QED) is 0.905. The predicted octanol–water partition coefficient (Wildman–Crippen LogP) is 2.12. The van der Waals surface area contributed by atoms with Crippen LogP contribution in [0.1, 0.15) is 24.8 Å². The Bertz CT molecular complexity index is 646. The summed E-state index contributed by atoms with van der Waals surface area (Å²) in [7, 11) is 2.24. The molecule has 1 aromatic carbocycles. The minimum atomic E-state index is 0.585. The van der Waals surface area contributed by atoms with Crippen molar-refractivity contribution in [1.29, 1.82) is 0 Å². The molecule has 2 aromatic rings. The summed E-state index contributed by atoms with van der Waals surface area (Å²) in [6.07, 6.45) is 6.10. The lowest BCUT2D eigenvalue weighted by Gasteiger charge is -2.30. The first-order chi connectivity index (χ1) is 9.83. The van der Waals surface area contributed by atoms with Crippen LogP contribution in [0.2, 0.25) is 0 Å². The molecule has 2 unspecified atom stereocenters. The molecule has 5 heteroatoms. The standard InChI is InChI=1S/C15H17N5/c1-20-11-6-7-12(20)9-10(8-11)13-4-2-3-5-14(13)15-16-18-19-17-15/h2-5,8,11-12H,6-7,9H2,1H3,(H,16,17,18,19). The zero-order valence-electron chi connectivity index (χ0n) is 11.5. The number of H-pyrrole nitrogens is 1. The van der Waals surface area contributed by atoms with Crippen LogP contribution in [0.25, 0.3) is 17.0 Å². The Morgan fingerprint density at radius 2 is 2.05 bits per heavy atom. The first-order valence-electron chi connectivity index (χ1n) is 7.09. The Balaban J connectivity index is 1.79. The Kier molecular flexibility index (Phi) is 2.67. The second kappa shape index (κ2) is 4.52. The van der Waals surface area contributed by atoms with E-state index in [1.54, 1.807) is 0 Å². The maximum absolute atomic E-state index is 4.13. The van der Waals surface area contributed by atoms with Crippen molar-refractivity contribution in [3.8, 4) is 11.4 Å². The molecule has 2 bridgehead atoms. The molecule has 0 amide bonds. The molecule has 1 aromatic heterocycles. The molecule has 1 N–H and O–H groups in total. The fourth-order valence-corrected chi connectivity index (χ4v) is 3.48. The number of likely N-dealkylation sites (N-methyl/N-ethyl adjacent to an activating group) is 1. The lowest BCUT2D eigenvalue weighted by atomic mass is 9.91. The van der Waals surface area contributed by atoms with Crippen molar-refractivity contribution in [1.82, 2.24) is 25.5 Å². The van der Waals surface area contributed by atoms with E-state index in [1.165, 1.54) is 24.0 Å². The fraction of sp³-hybridized carbons (Fsp3) is 0.400. The fourth-order valence-electron chi connectivity index (χ4n) is 3.48. The van der Waals surface area contributed by atoms with E-state index in [0.29, 0.717) is 17.9 Å². The van der Waals surface area contributed by atoms with Gasteiger partial charge in [-0.2, -0.15) is 5.21 Å². The van der Waals surface area contributed by atoms with Crippen LogP contribution in [0.15, 0.2) is 30.3 Å². The smallest absolute Gasteiger partial charge is 0.205 e. The predicted molar refractivity (Wildman–Crippen MR) is 76.8 cm³/mol. The molecule has 3 heterocycles. The number of hydrogen-bond donors (Lipinski definition) is 1. The molecule has 2 atom stereocenters. The second-order valence-electron chi connectivity index (χ2n) is 5.64. The molecule has 20 heavy (non-hydrogen) atoms. The van der Waals surface area contributed by atoms with Gasteiger partial charge in [0.2, 0.25) is 5.82 Å². The summed E-state index contributed by atoms with van der Waals surface area (Å²) in [4.78, 5) is 2.50. The molecule has 2 aliphatic heterocycles. The number of hydrogen-bond acceptors (Lipinski definition) is 4. The average Bonchev–Trinajstić information content (AvgIpc) is 3.06. The first kappa shape index (κ1) is 11.8. The minimum absolute atomic E-state index is 0.585. The van der Waals surface area contributed by atoms with Crippen molar-refractivity contribution in [2.45, 2.75) is 31.3 Å². The molecule has 2 aliphatic rings. The number of nitrogens with one attached hydrogen (secondary N) is 1. The van der Waals surface area contributed by atoms with Crippen molar-refractivity contribution in [2.75, 3.05) is 7.05 Å². The second-order valence-corrected chi connectivity index (χ2v) is 5.64. The molecule has 1 saturated heterocycles. The van der Waals surface area contributed by atoms with Gasteiger partial charge in [0.15, 0.2) is 0 Å². The summed E-state index contributed by atoms with van der Waals surface area (Å²) < 4.78 is 0. The minimum Gasteiger partial charge on any atom is -0.297 e. The number of aromatic amines is 1. The Morgan fingerprint density at radius 3 is 2.80 bits per heavy atom. The molecule has 0 spiro atoms. The van der Waals surface area contributed by atoms with E-state index in [-0.39, 0.29) is 0 Å². The van der Waals surface area contributed by atoms with Crippen LogP contribution in [-0.2, 0) is 0 Å². The van der Waals surface area contributed by atoms with Crippen LogP contribution in [0.4, 0.5) is 0 Å². The van der Waals surface area contributed by atoms with Crippen molar-refractivity contribution in [3.63, 3.8) is 0 Å². The molecule has 5 nitrogen and oxygen atoms in total. The summed E-state index contributed by atoms with van der Waals surface area (Å²) in [6.45, 7) is 0. The molecule has 0 saturated carbocycles. The van der Waals surface area contributed by atoms with E-state index in [9.17, 15) is 0 Å². The van der Waals surface area contributed by atoms with Gasteiger partial charge in [-0.1, -0.05) is 30.3 Å². The van der Waals surface area contributed by atoms with Crippen LogP contribution >= 0.6 is 0 Å². The van der Waals surface area contributed by atoms with Crippen LogP contribution in [-0.4, -0.2) is 44.7 Å². The largest absolute Gasteiger partial charge is 0.297 e. The van der Waals surface area contributed by atoms with Crippen molar-refractivity contribution in [2.24, 2.45) is 0 Å². The van der Waals surface area contributed by atoms with Crippen LogP contribution < -0.4 is 0 Å². The van der Waals surface area contributed by atoms with Gasteiger partial charge in [-0.15, -0.1) is 10.2 Å². The number of fused-ring (bicyclic) bond motifs is 2. The van der Waals surface area contributed by atoms with Gasteiger partial charge in [0.1, 0.15) is 0 Å². The van der Waals surface area contributed by atoms with Gasteiger partial charge in [0, 0.05) is 17.6 Å². The van der Waals surface area contributed by atoms with Crippen molar-refractivity contribution >= 4 is 5.57 Å². The number of benzene rings is 1. The van der Waals surface area contributed by atoms with Gasteiger partial charge in [0.05, 0.1) is 0 Å². The third-order valence-corrected chi connectivity index (χ3v) is 4.60. The maximum Gasteiger partial charge on any atom is 0.205 e. The third kappa shape index (κ3) is 1.78. The molecule has 102 valence electrons. The lowest BCUT2D eigenvalue weighted by molar-refractivity contribution is 0.264. The van der Waals surface area contributed by atoms with Gasteiger partial charge in [-0.05, 0) is 42.7 Å². The maximum atomic E-state index is 4.13. The van der Waals surface area contributed by atoms with E-state index in [4.69, 9.17) is 0 Å². The van der Waals surface area contributed by atoms with E-state index in [0.717, 1.165) is 12.0 Å². The number of rotatable bonds is 2. The number of tetrazole rings is 1. The third-order valence-electron chi connectivity index (χ3n) is 4.60. The topological polar surface area (TPSA) is 57.7 Å². The number of nitrogens with zero attached hydrogens (tertiary/aromatic N) is 4. The molecule has 1 fully saturated rings. The van der Waals surface area contributed by atoms with E-state index >= 15 is 0 Å². The van der Waals surface area contributed by atoms with E-state index in [2.05, 4.69) is 56.8 Å². The van der Waals surface area contributed by atoms with Gasteiger partial charge in [-0.25, -0.2) is 0 Å². The highest BCUT2D eigenvalue weighted by Gasteiger charge is 2.34. The highest BCUT2D eigenvalue weighted by atomic mass is 15.5. The van der Waals surface area contributed by atoms with Crippen LogP contribution in [0.5, 0.6) is 0 Å². The molecular formula is C15H17N5. The Hall–Kier alpha value is -2.01. The van der Waals surface area contributed by atoms with Gasteiger partial charge >= 0.3 is 0 Å². The van der Waals surface area contributed by atoms with Crippen LogP contribution in [0, 0.1) is 0 Å². The molecule has 4 rings (SSSR count). The summed E-state index contributed by atoms with van der Waals surface area (Å²) in [5.74, 6) is 0.674. The molecular weight excluding hydrogens is 250 g/mol. The lowest BCUT2D eigenvalue weighted by Crippen LogP contribution is -2.34. The van der Waals surface area contributed by atoms with Gasteiger partial charge in [-0.3, -0.25) is 4.90 Å². The average molecular weight is 267 g/mol.